The van der Waals surface area contributed by atoms with E-state index < -0.39 is 26.7 Å². The molecule has 134 valence electrons. The molecule has 0 amide bonds. The molecule has 1 aromatic heterocycles. The topological polar surface area (TPSA) is 144 Å². The average molecular weight is 370 g/mol. The third-order valence-corrected chi connectivity index (χ3v) is 3.49. The van der Waals surface area contributed by atoms with Gasteiger partial charge < -0.3 is 8.92 Å². The molecule has 0 aliphatic carbocycles. The Morgan fingerprint density at radius 3 is 2.56 bits per heavy atom. The molecule has 0 saturated carbocycles. The second kappa shape index (κ2) is 6.84. The molecule has 25 heavy (non-hydrogen) atoms. The standard InChI is InChI=1S/C13H14N4O7S/c1-4-16-7-14-12(15-16)9-5-8(13(18)24-25(3,21)22)6-10(17(19)20)11(9)23-2/h5-7H,4H2,1-3H3. The van der Waals surface area contributed by atoms with Crippen LogP contribution in [0.25, 0.3) is 11.4 Å². The summed E-state index contributed by atoms with van der Waals surface area (Å²) in [6, 6.07) is 2.04. The van der Waals surface area contributed by atoms with Crippen molar-refractivity contribution < 1.29 is 27.1 Å². The summed E-state index contributed by atoms with van der Waals surface area (Å²) in [5, 5.41) is 15.4. The van der Waals surface area contributed by atoms with E-state index in [0.717, 1.165) is 6.07 Å². The minimum Gasteiger partial charge on any atom is -0.490 e. The fourth-order valence-electron chi connectivity index (χ4n) is 2.00. The summed E-state index contributed by atoms with van der Waals surface area (Å²) in [5.41, 5.74) is -0.835. The van der Waals surface area contributed by atoms with Gasteiger partial charge in [-0.1, -0.05) is 0 Å². The van der Waals surface area contributed by atoms with Crippen molar-refractivity contribution in [3.63, 3.8) is 0 Å². The number of carbonyl (C=O) groups is 1. The number of carbonyl (C=O) groups excluding carboxylic acids is 1. The molecule has 0 fully saturated rings. The lowest BCUT2D eigenvalue weighted by molar-refractivity contribution is -0.385. The number of hydrogen-bond donors (Lipinski definition) is 0. The number of nitro benzene ring substituents is 1. The van der Waals surface area contributed by atoms with E-state index in [9.17, 15) is 23.3 Å². The number of benzene rings is 1. The first-order valence-corrected chi connectivity index (χ1v) is 8.68. The summed E-state index contributed by atoms with van der Waals surface area (Å²) in [4.78, 5) is 26.5. The molecule has 0 atom stereocenters. The van der Waals surface area contributed by atoms with Gasteiger partial charge in [-0.2, -0.15) is 13.5 Å². The SMILES string of the molecule is CCn1cnc(-c2cc(C(=O)OS(C)(=O)=O)cc([N+](=O)[O-])c2OC)n1. The molecule has 0 bridgehead atoms. The summed E-state index contributed by atoms with van der Waals surface area (Å²) in [7, 11) is -2.86. The van der Waals surface area contributed by atoms with Crippen molar-refractivity contribution in [3.8, 4) is 17.1 Å². The quantitative estimate of drug-likeness (QED) is 0.413. The van der Waals surface area contributed by atoms with E-state index >= 15 is 0 Å². The van der Waals surface area contributed by atoms with Crippen molar-refractivity contribution in [1.82, 2.24) is 14.8 Å². The monoisotopic (exact) mass is 370 g/mol. The number of aryl methyl sites for hydroxylation is 1. The van der Waals surface area contributed by atoms with Gasteiger partial charge in [0, 0.05) is 12.6 Å². The van der Waals surface area contributed by atoms with Crippen LogP contribution in [0, 0.1) is 10.1 Å². The Bertz CT molecular complexity index is 936. The zero-order valence-corrected chi connectivity index (χ0v) is 14.3. The van der Waals surface area contributed by atoms with Gasteiger partial charge in [0.05, 0.1) is 29.4 Å². The number of rotatable bonds is 6. The Kier molecular flexibility index (Phi) is 5.02. The highest BCUT2D eigenvalue weighted by Gasteiger charge is 2.27. The third-order valence-electron chi connectivity index (χ3n) is 3.03. The molecule has 2 aromatic rings. The molecule has 1 heterocycles. The normalized spacial score (nSPS) is 11.2. The lowest BCUT2D eigenvalue weighted by Crippen LogP contribution is -2.12. The van der Waals surface area contributed by atoms with E-state index in [0.29, 0.717) is 12.8 Å². The summed E-state index contributed by atoms with van der Waals surface area (Å²) in [6.07, 6.45) is 2.09. The molecule has 1 aromatic carbocycles. The van der Waals surface area contributed by atoms with Crippen LogP contribution >= 0.6 is 0 Å². The Hall–Kier alpha value is -3.02. The Morgan fingerprint density at radius 2 is 2.08 bits per heavy atom. The van der Waals surface area contributed by atoms with E-state index in [4.69, 9.17) is 4.74 Å². The zero-order chi connectivity index (χ0) is 18.8. The number of ether oxygens (including phenoxy) is 1. The molecule has 0 radical (unpaired) electrons. The first-order chi connectivity index (χ1) is 11.7. The van der Waals surface area contributed by atoms with Crippen LogP contribution in [0.5, 0.6) is 5.75 Å². The van der Waals surface area contributed by atoms with Gasteiger partial charge in [-0.15, -0.1) is 0 Å². The predicted molar refractivity (Wildman–Crippen MR) is 84.6 cm³/mol. The fraction of sp³-hybridized carbons (Fsp3) is 0.308. The van der Waals surface area contributed by atoms with Gasteiger partial charge in [-0.25, -0.2) is 9.78 Å². The first-order valence-electron chi connectivity index (χ1n) is 6.86. The van der Waals surface area contributed by atoms with Gasteiger partial charge in [0.25, 0.3) is 0 Å². The Balaban J connectivity index is 2.67. The highest BCUT2D eigenvalue weighted by molar-refractivity contribution is 7.86. The largest absolute Gasteiger partial charge is 0.490 e. The van der Waals surface area contributed by atoms with Crippen LogP contribution in [-0.2, 0) is 20.8 Å². The molecule has 11 nitrogen and oxygen atoms in total. The van der Waals surface area contributed by atoms with Crippen molar-refractivity contribution in [2.75, 3.05) is 13.4 Å². The number of nitro groups is 1. The molecule has 0 aliphatic heterocycles. The molecular formula is C13H14N4O7S. The minimum atomic E-state index is -4.08. The molecule has 0 spiro atoms. The van der Waals surface area contributed by atoms with Crippen LogP contribution in [0.1, 0.15) is 17.3 Å². The second-order valence-electron chi connectivity index (χ2n) is 4.83. The zero-order valence-electron chi connectivity index (χ0n) is 13.5. The van der Waals surface area contributed by atoms with Crippen molar-refractivity contribution in [2.45, 2.75) is 13.5 Å². The van der Waals surface area contributed by atoms with Crippen LogP contribution in [0.2, 0.25) is 0 Å². The van der Waals surface area contributed by atoms with Gasteiger partial charge in [0.2, 0.25) is 5.75 Å². The van der Waals surface area contributed by atoms with Crippen LogP contribution in [0.4, 0.5) is 5.69 Å². The Labute approximate surface area is 142 Å². The Morgan fingerprint density at radius 1 is 1.40 bits per heavy atom. The number of aromatic nitrogens is 3. The lowest BCUT2D eigenvalue weighted by atomic mass is 10.1. The number of nitrogens with zero attached hydrogens (tertiary/aromatic N) is 4. The highest BCUT2D eigenvalue weighted by atomic mass is 32.2. The van der Waals surface area contributed by atoms with E-state index in [1.54, 1.807) is 0 Å². The molecule has 0 unspecified atom stereocenters. The maximum Gasteiger partial charge on any atom is 0.354 e. The lowest BCUT2D eigenvalue weighted by Gasteiger charge is -2.09. The third kappa shape index (κ3) is 4.09. The maximum absolute atomic E-state index is 12.0. The van der Waals surface area contributed by atoms with Gasteiger partial charge in [0.15, 0.2) is 5.82 Å². The van der Waals surface area contributed by atoms with Crippen molar-refractivity contribution in [3.05, 3.63) is 34.1 Å². The van der Waals surface area contributed by atoms with Crippen LogP contribution in [0.3, 0.4) is 0 Å². The summed E-state index contributed by atoms with van der Waals surface area (Å²) < 4.78 is 33.1. The molecular weight excluding hydrogens is 356 g/mol. The molecule has 0 aliphatic rings. The first kappa shape index (κ1) is 18.3. The van der Waals surface area contributed by atoms with Crippen molar-refractivity contribution >= 4 is 21.8 Å². The van der Waals surface area contributed by atoms with Gasteiger partial charge in [-0.05, 0) is 13.0 Å². The van der Waals surface area contributed by atoms with Crippen LogP contribution < -0.4 is 4.74 Å². The molecule has 0 N–H and O–H groups in total. The van der Waals surface area contributed by atoms with Gasteiger partial charge in [-0.3, -0.25) is 14.8 Å². The van der Waals surface area contributed by atoms with E-state index in [-0.39, 0.29) is 22.7 Å². The minimum absolute atomic E-state index is 0.0596. The van der Waals surface area contributed by atoms with E-state index in [1.165, 1.54) is 24.2 Å². The smallest absolute Gasteiger partial charge is 0.354 e. The summed E-state index contributed by atoms with van der Waals surface area (Å²) in [6.45, 7) is 2.32. The van der Waals surface area contributed by atoms with Crippen LogP contribution in [0.15, 0.2) is 18.5 Å². The fourth-order valence-corrected chi connectivity index (χ4v) is 2.37. The molecule has 0 saturated heterocycles. The van der Waals surface area contributed by atoms with Crippen molar-refractivity contribution in [2.24, 2.45) is 0 Å². The number of methoxy groups -OCH3 is 1. The second-order valence-corrected chi connectivity index (χ2v) is 6.41. The summed E-state index contributed by atoms with van der Waals surface area (Å²) in [5.74, 6) is -1.34. The van der Waals surface area contributed by atoms with Crippen molar-refractivity contribution in [1.29, 1.82) is 0 Å². The van der Waals surface area contributed by atoms with Gasteiger partial charge in [0.1, 0.15) is 6.33 Å². The van der Waals surface area contributed by atoms with E-state index in [1.807, 2.05) is 6.92 Å². The maximum atomic E-state index is 12.0. The highest BCUT2D eigenvalue weighted by Crippen LogP contribution is 2.37. The van der Waals surface area contributed by atoms with Gasteiger partial charge >= 0.3 is 21.8 Å². The molecule has 12 heteroatoms. The molecule has 2 rings (SSSR count). The van der Waals surface area contributed by atoms with E-state index in [2.05, 4.69) is 14.3 Å². The average Bonchev–Trinajstić information content (AvgIpc) is 3.00. The summed E-state index contributed by atoms with van der Waals surface area (Å²) >= 11 is 0. The number of hydrogen-bond acceptors (Lipinski definition) is 9. The van der Waals surface area contributed by atoms with Crippen LogP contribution in [-0.4, -0.2) is 47.4 Å². The predicted octanol–water partition coefficient (Wildman–Crippen LogP) is 0.998.